The van der Waals surface area contributed by atoms with Gasteiger partial charge in [0, 0.05) is 3.92 Å². The highest BCUT2D eigenvalue weighted by molar-refractivity contribution is 14.1. The van der Waals surface area contributed by atoms with Crippen LogP contribution in [-0.4, -0.2) is 15.1 Å². The van der Waals surface area contributed by atoms with Crippen LogP contribution in [0.4, 0.5) is 0 Å². The summed E-state index contributed by atoms with van der Waals surface area (Å²) in [7, 11) is 0. The minimum atomic E-state index is -0.0376. The molecule has 0 aromatic heterocycles. The zero-order valence-electron chi connectivity index (χ0n) is 10.4. The third-order valence-corrected chi connectivity index (χ3v) is 5.24. The first-order valence-corrected chi connectivity index (χ1v) is 7.86. The van der Waals surface area contributed by atoms with E-state index in [1.165, 1.54) is 32.1 Å². The zero-order valence-corrected chi connectivity index (χ0v) is 12.5. The van der Waals surface area contributed by atoms with Gasteiger partial charge in [-0.25, -0.2) is 0 Å². The van der Waals surface area contributed by atoms with E-state index < -0.39 is 0 Å². The molecule has 0 spiro atoms. The SMILES string of the molecule is C=CC(CCC)CC(I)C1CCCC(O)C1. The van der Waals surface area contributed by atoms with Gasteiger partial charge < -0.3 is 5.11 Å². The predicted molar refractivity (Wildman–Crippen MR) is 79.0 cm³/mol. The van der Waals surface area contributed by atoms with Gasteiger partial charge in [-0.2, -0.15) is 0 Å². The van der Waals surface area contributed by atoms with Gasteiger partial charge in [-0.3, -0.25) is 0 Å². The van der Waals surface area contributed by atoms with Crippen LogP contribution in [0.5, 0.6) is 0 Å². The highest BCUT2D eigenvalue weighted by Gasteiger charge is 2.26. The fraction of sp³-hybridized carbons (Fsp3) is 0.857. The van der Waals surface area contributed by atoms with E-state index in [0.29, 0.717) is 9.84 Å². The molecule has 4 atom stereocenters. The Morgan fingerprint density at radius 2 is 2.25 bits per heavy atom. The summed E-state index contributed by atoms with van der Waals surface area (Å²) in [6.07, 6.45) is 10.4. The van der Waals surface area contributed by atoms with E-state index >= 15 is 0 Å². The number of hydrogen-bond acceptors (Lipinski definition) is 1. The molecule has 0 aromatic carbocycles. The number of halogens is 1. The Morgan fingerprint density at radius 1 is 1.50 bits per heavy atom. The van der Waals surface area contributed by atoms with Crippen molar-refractivity contribution in [2.24, 2.45) is 11.8 Å². The molecule has 1 aliphatic rings. The molecule has 1 N–H and O–H groups in total. The molecule has 4 unspecified atom stereocenters. The lowest BCUT2D eigenvalue weighted by Gasteiger charge is -2.31. The molecule has 1 fully saturated rings. The molecule has 16 heavy (non-hydrogen) atoms. The van der Waals surface area contributed by atoms with Crippen molar-refractivity contribution in [1.82, 2.24) is 0 Å². The first-order valence-electron chi connectivity index (χ1n) is 6.62. The molecule has 1 nitrogen and oxygen atoms in total. The second-order valence-electron chi connectivity index (χ2n) is 5.12. The average molecular weight is 336 g/mol. The second kappa shape index (κ2) is 7.70. The van der Waals surface area contributed by atoms with Crippen LogP contribution in [0, 0.1) is 11.8 Å². The van der Waals surface area contributed by atoms with Crippen LogP contribution in [0.2, 0.25) is 0 Å². The van der Waals surface area contributed by atoms with Crippen LogP contribution in [0.15, 0.2) is 12.7 Å². The van der Waals surface area contributed by atoms with Crippen molar-refractivity contribution < 1.29 is 5.11 Å². The summed E-state index contributed by atoms with van der Waals surface area (Å²) in [6, 6.07) is 0. The molecule has 94 valence electrons. The van der Waals surface area contributed by atoms with Gasteiger partial charge in [-0.1, -0.05) is 48.4 Å². The third kappa shape index (κ3) is 4.74. The minimum absolute atomic E-state index is 0.0376. The Morgan fingerprint density at radius 3 is 2.81 bits per heavy atom. The molecule has 2 heteroatoms. The maximum atomic E-state index is 9.70. The minimum Gasteiger partial charge on any atom is -0.393 e. The summed E-state index contributed by atoms with van der Waals surface area (Å²) in [5, 5.41) is 9.70. The van der Waals surface area contributed by atoms with Crippen LogP contribution in [0.1, 0.15) is 51.9 Å². The van der Waals surface area contributed by atoms with Gasteiger partial charge >= 0.3 is 0 Å². The fourth-order valence-corrected chi connectivity index (χ4v) is 4.02. The second-order valence-corrected chi connectivity index (χ2v) is 6.72. The van der Waals surface area contributed by atoms with Crippen molar-refractivity contribution in [2.45, 2.75) is 61.9 Å². The van der Waals surface area contributed by atoms with Gasteiger partial charge in [0.1, 0.15) is 0 Å². The van der Waals surface area contributed by atoms with Crippen molar-refractivity contribution >= 4 is 22.6 Å². The summed E-state index contributed by atoms with van der Waals surface area (Å²) < 4.78 is 0.710. The number of alkyl halides is 1. The molecule has 0 amide bonds. The van der Waals surface area contributed by atoms with E-state index in [9.17, 15) is 5.11 Å². The predicted octanol–water partition coefficient (Wildman–Crippen LogP) is 4.33. The summed E-state index contributed by atoms with van der Waals surface area (Å²) in [6.45, 7) is 6.18. The van der Waals surface area contributed by atoms with Gasteiger partial charge in [0.15, 0.2) is 0 Å². The summed E-state index contributed by atoms with van der Waals surface area (Å²) in [4.78, 5) is 0. The van der Waals surface area contributed by atoms with Crippen molar-refractivity contribution in [3.63, 3.8) is 0 Å². The van der Waals surface area contributed by atoms with Crippen molar-refractivity contribution in [3.05, 3.63) is 12.7 Å². The van der Waals surface area contributed by atoms with E-state index in [4.69, 9.17) is 0 Å². The fourth-order valence-electron chi connectivity index (χ4n) is 2.71. The Kier molecular flexibility index (Phi) is 6.97. The number of aliphatic hydroxyl groups is 1. The highest BCUT2D eigenvalue weighted by atomic mass is 127. The number of rotatable bonds is 6. The van der Waals surface area contributed by atoms with Crippen LogP contribution >= 0.6 is 22.6 Å². The monoisotopic (exact) mass is 336 g/mol. The molecule has 1 aliphatic carbocycles. The average Bonchev–Trinajstić information content (AvgIpc) is 2.28. The molecule has 0 aromatic rings. The molecule has 0 bridgehead atoms. The van der Waals surface area contributed by atoms with E-state index in [2.05, 4.69) is 42.2 Å². The largest absolute Gasteiger partial charge is 0.393 e. The summed E-state index contributed by atoms with van der Waals surface area (Å²) >= 11 is 2.59. The molecule has 0 saturated heterocycles. The summed E-state index contributed by atoms with van der Waals surface area (Å²) in [5.74, 6) is 1.40. The topological polar surface area (TPSA) is 20.2 Å². The zero-order chi connectivity index (χ0) is 12.0. The van der Waals surface area contributed by atoms with Gasteiger partial charge in [0.2, 0.25) is 0 Å². The molecule has 0 heterocycles. The highest BCUT2D eigenvalue weighted by Crippen LogP contribution is 2.34. The smallest absolute Gasteiger partial charge is 0.0543 e. The van der Waals surface area contributed by atoms with Crippen molar-refractivity contribution in [3.8, 4) is 0 Å². The lowest BCUT2D eigenvalue weighted by atomic mass is 9.82. The van der Waals surface area contributed by atoms with E-state index in [-0.39, 0.29) is 6.10 Å². The Labute approximate surface area is 114 Å². The molecule has 1 rings (SSSR count). The van der Waals surface area contributed by atoms with E-state index in [1.54, 1.807) is 0 Å². The Balaban J connectivity index is 2.37. The van der Waals surface area contributed by atoms with Gasteiger partial charge in [0.05, 0.1) is 6.10 Å². The summed E-state index contributed by atoms with van der Waals surface area (Å²) in [5.41, 5.74) is 0. The number of aliphatic hydroxyl groups excluding tert-OH is 1. The van der Waals surface area contributed by atoms with E-state index in [0.717, 1.165) is 18.8 Å². The lowest BCUT2D eigenvalue weighted by Crippen LogP contribution is -2.27. The van der Waals surface area contributed by atoms with Gasteiger partial charge in [-0.15, -0.1) is 6.58 Å². The molecule has 0 aliphatic heterocycles. The van der Waals surface area contributed by atoms with Crippen LogP contribution < -0.4 is 0 Å². The van der Waals surface area contributed by atoms with Crippen LogP contribution in [0.25, 0.3) is 0 Å². The molecule has 0 radical (unpaired) electrons. The molecular weight excluding hydrogens is 311 g/mol. The van der Waals surface area contributed by atoms with Gasteiger partial charge in [-0.05, 0) is 43.9 Å². The Bertz CT molecular complexity index is 205. The van der Waals surface area contributed by atoms with E-state index in [1.807, 2.05) is 0 Å². The first kappa shape index (κ1) is 14.5. The molecular formula is C14H25IO. The van der Waals surface area contributed by atoms with Crippen molar-refractivity contribution in [2.75, 3.05) is 0 Å². The van der Waals surface area contributed by atoms with Crippen molar-refractivity contribution in [1.29, 1.82) is 0 Å². The van der Waals surface area contributed by atoms with Crippen LogP contribution in [0.3, 0.4) is 0 Å². The first-order chi connectivity index (χ1) is 7.67. The quantitative estimate of drug-likeness (QED) is 0.435. The normalized spacial score (nSPS) is 29.7. The standard InChI is InChI=1S/C14H25IO/c1-3-6-11(4-2)9-14(15)12-7-5-8-13(16)10-12/h4,11-14,16H,2-3,5-10H2,1H3. The van der Waals surface area contributed by atoms with Gasteiger partial charge in [0.25, 0.3) is 0 Å². The third-order valence-electron chi connectivity index (χ3n) is 3.72. The maximum Gasteiger partial charge on any atom is 0.0543 e. The maximum absolute atomic E-state index is 9.70. The number of hydrogen-bond donors (Lipinski definition) is 1. The molecule has 1 saturated carbocycles. The van der Waals surface area contributed by atoms with Crippen LogP contribution in [-0.2, 0) is 0 Å². The lowest BCUT2D eigenvalue weighted by molar-refractivity contribution is 0.0998. The Hall–Kier alpha value is 0.430. The number of allylic oxidation sites excluding steroid dienone is 1.